The van der Waals surface area contributed by atoms with Crippen molar-refractivity contribution >= 4 is 23.8 Å². The number of carbonyl (C=O) groups is 3. The predicted molar refractivity (Wildman–Crippen MR) is 153 cm³/mol. The molecule has 2 amide bonds. The smallest absolute Gasteiger partial charge is 0.251 e. The van der Waals surface area contributed by atoms with Crippen LogP contribution in [0.4, 0.5) is 8.78 Å². The van der Waals surface area contributed by atoms with Crippen LogP contribution in [0.2, 0.25) is 0 Å². The van der Waals surface area contributed by atoms with Crippen LogP contribution in [0.25, 0.3) is 11.1 Å². The lowest BCUT2D eigenvalue weighted by Gasteiger charge is -2.24. The molecule has 0 spiro atoms. The molecule has 2 heterocycles. The first-order valence-electron chi connectivity index (χ1n) is 13.4. The highest BCUT2D eigenvalue weighted by Crippen LogP contribution is 2.30. The lowest BCUT2D eigenvalue weighted by Crippen LogP contribution is -2.33. The van der Waals surface area contributed by atoms with Crippen molar-refractivity contribution in [2.24, 2.45) is 16.8 Å². The first kappa shape index (κ1) is 29.5. The van der Waals surface area contributed by atoms with E-state index in [9.17, 15) is 23.2 Å². The summed E-state index contributed by atoms with van der Waals surface area (Å²) in [6.45, 7) is 2.27. The molecule has 0 aliphatic carbocycles. The van der Waals surface area contributed by atoms with Gasteiger partial charge in [-0.15, -0.1) is 0 Å². The van der Waals surface area contributed by atoms with Gasteiger partial charge in [0, 0.05) is 55.4 Å². The normalized spacial score (nSPS) is 18.5. The Morgan fingerprint density at radius 3 is 2.51 bits per heavy atom. The summed E-state index contributed by atoms with van der Waals surface area (Å²) in [5, 5.41) is 5.61. The molecule has 0 saturated carbocycles. The van der Waals surface area contributed by atoms with Gasteiger partial charge in [0.1, 0.15) is 11.6 Å². The van der Waals surface area contributed by atoms with Gasteiger partial charge in [0.2, 0.25) is 5.91 Å². The number of rotatable bonds is 8. The van der Waals surface area contributed by atoms with Crippen molar-refractivity contribution in [3.05, 3.63) is 101 Å². The summed E-state index contributed by atoms with van der Waals surface area (Å²) >= 11 is 0. The Hall–Kier alpha value is -4.53. The van der Waals surface area contributed by atoms with E-state index in [-0.39, 0.29) is 42.3 Å². The Bertz CT molecular complexity index is 1450. The molecule has 2 N–H and O–H groups in total. The van der Waals surface area contributed by atoms with Crippen LogP contribution in [0, 0.1) is 23.5 Å². The minimum Gasteiger partial charge on any atom is -0.355 e. The number of hydrogen-bond donors (Lipinski definition) is 2. The second-order valence-electron chi connectivity index (χ2n) is 10.1. The number of hydrogen-bond acceptors (Lipinski definition) is 5. The number of allylic oxidation sites excluding steroid dienone is 1. The number of carbonyl (C=O) groups excluding carboxylic acids is 3. The Morgan fingerprint density at radius 1 is 1.07 bits per heavy atom. The minimum atomic E-state index is -0.731. The minimum absolute atomic E-state index is 0.0139. The van der Waals surface area contributed by atoms with Gasteiger partial charge in [0.25, 0.3) is 5.91 Å². The molecule has 3 aromatic rings. The van der Waals surface area contributed by atoms with Crippen molar-refractivity contribution in [3.8, 4) is 11.1 Å². The molecule has 9 heteroatoms. The van der Waals surface area contributed by atoms with E-state index in [1.807, 2.05) is 13.0 Å². The highest BCUT2D eigenvalue weighted by Gasteiger charge is 2.25. The zero-order valence-corrected chi connectivity index (χ0v) is 22.9. The third kappa shape index (κ3) is 8.00. The van der Waals surface area contributed by atoms with Gasteiger partial charge in [-0.25, -0.2) is 8.78 Å². The van der Waals surface area contributed by atoms with Crippen LogP contribution in [-0.4, -0.2) is 42.4 Å². The molecular weight excluding hydrogens is 526 g/mol. The van der Waals surface area contributed by atoms with Crippen molar-refractivity contribution in [1.29, 1.82) is 0 Å². The number of halogens is 2. The first-order chi connectivity index (χ1) is 19.7. The van der Waals surface area contributed by atoms with Crippen molar-refractivity contribution < 1.29 is 23.2 Å². The number of aliphatic imine (C=N–C) groups is 1. The Morgan fingerprint density at radius 2 is 1.80 bits per heavy atom. The quantitative estimate of drug-likeness (QED) is 0.405. The Labute approximate surface area is 237 Å². The van der Waals surface area contributed by atoms with Gasteiger partial charge in [0.05, 0.1) is 18.3 Å². The molecule has 0 saturated heterocycles. The van der Waals surface area contributed by atoms with E-state index >= 15 is 0 Å². The lowest BCUT2D eigenvalue weighted by molar-refractivity contribution is -0.123. The van der Waals surface area contributed by atoms with E-state index in [1.165, 1.54) is 18.2 Å². The van der Waals surface area contributed by atoms with E-state index in [0.717, 1.165) is 11.6 Å². The predicted octanol–water partition coefficient (Wildman–Crippen LogP) is 5.03. The van der Waals surface area contributed by atoms with Crippen molar-refractivity contribution in [2.45, 2.75) is 32.2 Å². The molecule has 41 heavy (non-hydrogen) atoms. The van der Waals surface area contributed by atoms with E-state index in [0.29, 0.717) is 35.3 Å². The van der Waals surface area contributed by atoms with E-state index in [4.69, 9.17) is 0 Å². The van der Waals surface area contributed by atoms with E-state index in [2.05, 4.69) is 20.6 Å². The molecule has 1 aliphatic rings. The zero-order valence-electron chi connectivity index (χ0n) is 22.9. The van der Waals surface area contributed by atoms with Gasteiger partial charge in [-0.1, -0.05) is 31.2 Å². The number of pyridine rings is 1. The van der Waals surface area contributed by atoms with Gasteiger partial charge in [0.15, 0.2) is 5.78 Å². The highest BCUT2D eigenvalue weighted by atomic mass is 19.1. The van der Waals surface area contributed by atoms with E-state index < -0.39 is 17.7 Å². The molecule has 0 bridgehead atoms. The first-order valence-corrected chi connectivity index (χ1v) is 13.4. The molecule has 3 atom stereocenters. The molecule has 3 unspecified atom stereocenters. The summed E-state index contributed by atoms with van der Waals surface area (Å²) in [5.41, 5.74) is 2.81. The van der Waals surface area contributed by atoms with Crippen molar-refractivity contribution in [1.82, 2.24) is 15.6 Å². The number of aromatic nitrogens is 1. The summed E-state index contributed by atoms with van der Waals surface area (Å²) in [6.07, 6.45) is 6.99. The fraction of sp³-hybridized carbons (Fsp3) is 0.281. The fourth-order valence-corrected chi connectivity index (χ4v) is 4.91. The third-order valence-corrected chi connectivity index (χ3v) is 7.04. The molecule has 2 aromatic carbocycles. The monoisotopic (exact) mass is 558 g/mol. The largest absolute Gasteiger partial charge is 0.355 e. The molecule has 0 fully saturated rings. The molecular formula is C32H32F2N4O3. The highest BCUT2D eigenvalue weighted by molar-refractivity contribution is 5.94. The van der Waals surface area contributed by atoms with Crippen LogP contribution in [0.1, 0.15) is 47.4 Å². The van der Waals surface area contributed by atoms with Crippen LogP contribution in [0.15, 0.2) is 77.9 Å². The van der Waals surface area contributed by atoms with Crippen LogP contribution in [-0.2, 0) is 16.0 Å². The van der Waals surface area contributed by atoms with Crippen molar-refractivity contribution in [2.75, 3.05) is 13.6 Å². The number of nitrogens with one attached hydrogen (secondary N) is 2. The van der Waals surface area contributed by atoms with Gasteiger partial charge >= 0.3 is 0 Å². The number of benzene rings is 2. The number of amides is 2. The average Bonchev–Trinajstić information content (AvgIpc) is 3.02. The lowest BCUT2D eigenvalue weighted by atomic mass is 9.87. The molecule has 1 aliphatic heterocycles. The van der Waals surface area contributed by atoms with Gasteiger partial charge in [-0.3, -0.25) is 24.4 Å². The summed E-state index contributed by atoms with van der Waals surface area (Å²) in [7, 11) is 1.55. The van der Waals surface area contributed by atoms with Gasteiger partial charge < -0.3 is 10.6 Å². The summed E-state index contributed by atoms with van der Waals surface area (Å²) in [5.74, 6) is -2.36. The van der Waals surface area contributed by atoms with E-state index in [1.54, 1.807) is 55.9 Å². The topological polar surface area (TPSA) is 101 Å². The molecule has 7 nitrogen and oxygen atoms in total. The third-order valence-electron chi connectivity index (χ3n) is 7.04. The summed E-state index contributed by atoms with van der Waals surface area (Å²) < 4.78 is 28.2. The average molecular weight is 559 g/mol. The summed E-state index contributed by atoms with van der Waals surface area (Å²) in [6, 6.07) is 13.1. The molecule has 4 rings (SSSR count). The Kier molecular flexibility index (Phi) is 9.84. The van der Waals surface area contributed by atoms with Gasteiger partial charge in [-0.05, 0) is 59.9 Å². The second-order valence-corrected chi connectivity index (χ2v) is 10.1. The van der Waals surface area contributed by atoms with Gasteiger partial charge in [-0.2, -0.15) is 0 Å². The second kappa shape index (κ2) is 13.7. The maximum absolute atomic E-state index is 14.1. The molecule has 0 radical (unpaired) electrons. The number of ketones is 1. The zero-order chi connectivity index (χ0) is 29.4. The maximum Gasteiger partial charge on any atom is 0.251 e. The maximum atomic E-state index is 14.1. The molecule has 1 aromatic heterocycles. The van der Waals surface area contributed by atoms with Crippen LogP contribution in [0.3, 0.4) is 0 Å². The standard InChI is InChI=1S/C32H32F2N4O3/c1-20-13-27(39)5-3-11-36-19-24(20)17-30(40)38-29(16-21-14-25(33)18-26(34)15-21)31-28(6-4-12-37-31)22-7-9-23(10-8-22)32(41)35-2/h3-10,12,14-15,18-20,24,29H,11,13,16-17H2,1-2H3,(H,35,41)(H,38,40)/b5-3-,36-19?. The Balaban J connectivity index is 1.65. The summed E-state index contributed by atoms with van der Waals surface area (Å²) in [4.78, 5) is 46.5. The fourth-order valence-electron chi connectivity index (χ4n) is 4.91. The molecule has 212 valence electrons. The SMILES string of the molecule is CNC(=O)c1ccc(-c2cccnc2C(Cc2cc(F)cc(F)c2)NC(=O)CC2C=NC/C=C\C(=O)CC2C)cc1. The van der Waals surface area contributed by atoms with Crippen LogP contribution in [0.5, 0.6) is 0 Å². The van der Waals surface area contributed by atoms with Crippen LogP contribution < -0.4 is 10.6 Å². The van der Waals surface area contributed by atoms with Crippen molar-refractivity contribution in [3.63, 3.8) is 0 Å². The number of nitrogens with zero attached hydrogens (tertiary/aromatic N) is 2. The van der Waals surface area contributed by atoms with Crippen LogP contribution >= 0.6 is 0 Å².